The Morgan fingerprint density at radius 2 is 1.63 bits per heavy atom. The summed E-state index contributed by atoms with van der Waals surface area (Å²) >= 11 is 0. The molecule has 0 spiro atoms. The van der Waals surface area contributed by atoms with Gasteiger partial charge in [-0.15, -0.1) is 0 Å². The van der Waals surface area contributed by atoms with Crippen LogP contribution in [0, 0.1) is 6.92 Å². The molecule has 0 aliphatic carbocycles. The smallest absolute Gasteiger partial charge is 0.170 e. The third-order valence-corrected chi connectivity index (χ3v) is 3.28. The summed E-state index contributed by atoms with van der Waals surface area (Å²) in [7, 11) is 0. The summed E-state index contributed by atoms with van der Waals surface area (Å²) in [6.45, 7) is 3.61. The van der Waals surface area contributed by atoms with Crippen LogP contribution in [-0.4, -0.2) is 16.0 Å². The van der Waals surface area contributed by atoms with Crippen LogP contribution in [-0.2, 0) is 0 Å². The van der Waals surface area contributed by atoms with Crippen molar-refractivity contribution < 1.29 is 15.0 Å². The average molecular weight is 256 g/mol. The molecule has 0 fully saturated rings. The van der Waals surface area contributed by atoms with Gasteiger partial charge in [0.2, 0.25) is 0 Å². The number of hydrogen-bond donors (Lipinski definition) is 2. The number of phenolic OH excluding ortho intramolecular Hbond substituents is 2. The lowest BCUT2D eigenvalue weighted by Crippen LogP contribution is -2.10. The third-order valence-electron chi connectivity index (χ3n) is 3.28. The van der Waals surface area contributed by atoms with Crippen molar-refractivity contribution in [2.75, 3.05) is 0 Å². The van der Waals surface area contributed by atoms with Gasteiger partial charge in [0, 0.05) is 11.5 Å². The molecule has 2 rings (SSSR count). The van der Waals surface area contributed by atoms with E-state index in [0.29, 0.717) is 5.56 Å². The SMILES string of the molecule is Cc1cc(O)c(O)cc1C(C)C(=O)c1ccccc1. The van der Waals surface area contributed by atoms with Crippen LogP contribution in [0.2, 0.25) is 0 Å². The first-order valence-electron chi connectivity index (χ1n) is 6.12. The molecule has 1 atom stereocenters. The maximum atomic E-state index is 12.3. The summed E-state index contributed by atoms with van der Waals surface area (Å²) < 4.78 is 0. The molecule has 3 heteroatoms. The van der Waals surface area contributed by atoms with Crippen LogP contribution in [0.5, 0.6) is 11.5 Å². The van der Waals surface area contributed by atoms with Gasteiger partial charge in [-0.2, -0.15) is 0 Å². The van der Waals surface area contributed by atoms with Crippen LogP contribution in [0.3, 0.4) is 0 Å². The molecule has 0 radical (unpaired) electrons. The monoisotopic (exact) mass is 256 g/mol. The highest BCUT2D eigenvalue weighted by Gasteiger charge is 2.20. The predicted molar refractivity (Wildman–Crippen MR) is 73.7 cm³/mol. The topological polar surface area (TPSA) is 57.5 Å². The van der Waals surface area contributed by atoms with Crippen LogP contribution in [0.15, 0.2) is 42.5 Å². The van der Waals surface area contributed by atoms with Gasteiger partial charge in [-0.05, 0) is 30.2 Å². The number of phenols is 2. The second-order valence-corrected chi connectivity index (χ2v) is 4.65. The van der Waals surface area contributed by atoms with Crippen molar-refractivity contribution in [3.63, 3.8) is 0 Å². The van der Waals surface area contributed by atoms with E-state index < -0.39 is 0 Å². The van der Waals surface area contributed by atoms with Crippen molar-refractivity contribution in [3.8, 4) is 11.5 Å². The van der Waals surface area contributed by atoms with Gasteiger partial charge in [0.05, 0.1) is 0 Å². The Bertz CT molecular complexity index is 603. The molecule has 98 valence electrons. The first-order valence-corrected chi connectivity index (χ1v) is 6.12. The van der Waals surface area contributed by atoms with Gasteiger partial charge in [-0.3, -0.25) is 4.79 Å². The van der Waals surface area contributed by atoms with E-state index in [1.54, 1.807) is 19.1 Å². The normalized spacial score (nSPS) is 12.1. The van der Waals surface area contributed by atoms with Gasteiger partial charge >= 0.3 is 0 Å². The zero-order chi connectivity index (χ0) is 14.0. The summed E-state index contributed by atoms with van der Waals surface area (Å²) in [6, 6.07) is 12.0. The number of Topliss-reactive ketones (excluding diaryl/α,β-unsaturated/α-hetero) is 1. The fourth-order valence-electron chi connectivity index (χ4n) is 2.16. The average Bonchev–Trinajstić information content (AvgIpc) is 2.42. The molecule has 0 aromatic heterocycles. The fraction of sp³-hybridized carbons (Fsp3) is 0.188. The lowest BCUT2D eigenvalue weighted by molar-refractivity contribution is 0.0965. The lowest BCUT2D eigenvalue weighted by atomic mass is 9.89. The maximum absolute atomic E-state index is 12.3. The summed E-state index contributed by atoms with van der Waals surface area (Å²) in [5.41, 5.74) is 2.15. The lowest BCUT2D eigenvalue weighted by Gasteiger charge is -2.15. The van der Waals surface area contributed by atoms with Gasteiger partial charge in [-0.25, -0.2) is 0 Å². The number of hydrogen-bond acceptors (Lipinski definition) is 3. The molecule has 19 heavy (non-hydrogen) atoms. The van der Waals surface area contributed by atoms with Crippen LogP contribution >= 0.6 is 0 Å². The van der Waals surface area contributed by atoms with E-state index in [-0.39, 0.29) is 23.2 Å². The first kappa shape index (κ1) is 13.1. The number of carbonyl (C=O) groups is 1. The maximum Gasteiger partial charge on any atom is 0.170 e. The van der Waals surface area contributed by atoms with Gasteiger partial charge in [-0.1, -0.05) is 37.3 Å². The summed E-state index contributed by atoms with van der Waals surface area (Å²) in [5, 5.41) is 19.0. The third kappa shape index (κ3) is 2.60. The van der Waals surface area contributed by atoms with E-state index in [4.69, 9.17) is 0 Å². The Labute approximate surface area is 112 Å². The predicted octanol–water partition coefficient (Wildman–Crippen LogP) is 3.39. The molecule has 0 saturated heterocycles. The summed E-state index contributed by atoms with van der Waals surface area (Å²) in [6.07, 6.45) is 0. The van der Waals surface area contributed by atoms with Crippen LogP contribution in [0.4, 0.5) is 0 Å². The van der Waals surface area contributed by atoms with Gasteiger partial charge < -0.3 is 10.2 Å². The molecule has 0 bridgehead atoms. The Hall–Kier alpha value is -2.29. The van der Waals surface area contributed by atoms with Crippen molar-refractivity contribution in [2.24, 2.45) is 0 Å². The van der Waals surface area contributed by atoms with Crippen molar-refractivity contribution >= 4 is 5.78 Å². The van der Waals surface area contributed by atoms with E-state index >= 15 is 0 Å². The molecule has 0 aliphatic rings. The van der Waals surface area contributed by atoms with Crippen LogP contribution < -0.4 is 0 Å². The Morgan fingerprint density at radius 3 is 2.26 bits per heavy atom. The molecule has 0 amide bonds. The van der Waals surface area contributed by atoms with E-state index in [1.165, 1.54) is 12.1 Å². The summed E-state index contributed by atoms with van der Waals surface area (Å²) in [5.74, 6) is -0.739. The van der Waals surface area contributed by atoms with Crippen molar-refractivity contribution in [1.82, 2.24) is 0 Å². The van der Waals surface area contributed by atoms with E-state index in [9.17, 15) is 15.0 Å². The molecule has 2 aromatic carbocycles. The minimum Gasteiger partial charge on any atom is -0.504 e. The second kappa shape index (κ2) is 5.14. The fourth-order valence-corrected chi connectivity index (χ4v) is 2.16. The van der Waals surface area contributed by atoms with Crippen molar-refractivity contribution in [3.05, 3.63) is 59.2 Å². The first-order chi connectivity index (χ1) is 9.00. The molecule has 0 aliphatic heterocycles. The van der Waals surface area contributed by atoms with Gasteiger partial charge in [0.1, 0.15) is 0 Å². The molecular formula is C16H16O3. The van der Waals surface area contributed by atoms with Crippen molar-refractivity contribution in [1.29, 1.82) is 0 Å². The molecule has 1 unspecified atom stereocenters. The highest BCUT2D eigenvalue weighted by Crippen LogP contribution is 2.33. The zero-order valence-electron chi connectivity index (χ0n) is 10.9. The molecule has 2 N–H and O–H groups in total. The molecule has 2 aromatic rings. The van der Waals surface area contributed by atoms with E-state index in [0.717, 1.165) is 11.1 Å². The molecular weight excluding hydrogens is 240 g/mol. The Balaban J connectivity index is 2.37. The standard InChI is InChI=1S/C16H16O3/c1-10-8-14(17)15(18)9-13(10)11(2)16(19)12-6-4-3-5-7-12/h3-9,11,17-18H,1-2H3. The minimum atomic E-state index is -0.367. The van der Waals surface area contributed by atoms with Gasteiger partial charge in [0.25, 0.3) is 0 Å². The van der Waals surface area contributed by atoms with E-state index in [2.05, 4.69) is 0 Å². The van der Waals surface area contributed by atoms with Crippen LogP contribution in [0.25, 0.3) is 0 Å². The largest absolute Gasteiger partial charge is 0.504 e. The van der Waals surface area contributed by atoms with E-state index in [1.807, 2.05) is 25.1 Å². The second-order valence-electron chi connectivity index (χ2n) is 4.65. The number of aryl methyl sites for hydroxylation is 1. The number of aromatic hydroxyl groups is 2. The number of carbonyl (C=O) groups excluding carboxylic acids is 1. The molecule has 0 saturated carbocycles. The summed E-state index contributed by atoms with van der Waals surface area (Å²) in [4.78, 5) is 12.3. The molecule has 3 nitrogen and oxygen atoms in total. The highest BCUT2D eigenvalue weighted by atomic mass is 16.3. The molecule has 0 heterocycles. The highest BCUT2D eigenvalue weighted by molar-refractivity contribution is 6.00. The number of benzene rings is 2. The Morgan fingerprint density at radius 1 is 1.05 bits per heavy atom. The zero-order valence-corrected chi connectivity index (χ0v) is 10.9. The quantitative estimate of drug-likeness (QED) is 0.653. The van der Waals surface area contributed by atoms with Crippen molar-refractivity contribution in [2.45, 2.75) is 19.8 Å². The Kier molecular flexibility index (Phi) is 3.56. The number of rotatable bonds is 3. The van der Waals surface area contributed by atoms with Gasteiger partial charge in [0.15, 0.2) is 17.3 Å². The van der Waals surface area contributed by atoms with Crippen LogP contribution in [0.1, 0.15) is 34.3 Å². The number of ketones is 1. The minimum absolute atomic E-state index is 0.00575.